The van der Waals surface area contributed by atoms with E-state index in [9.17, 15) is 30.0 Å². The van der Waals surface area contributed by atoms with E-state index in [0.717, 1.165) is 51.4 Å². The van der Waals surface area contributed by atoms with Crippen LogP contribution in [0.3, 0.4) is 0 Å². The van der Waals surface area contributed by atoms with Crippen molar-refractivity contribution in [3.05, 3.63) is 0 Å². The molecule has 1 heterocycles. The second-order valence-corrected chi connectivity index (χ2v) is 15.5. The van der Waals surface area contributed by atoms with Gasteiger partial charge in [0.15, 0.2) is 12.4 Å². The normalized spacial score (nSPS) is 20.8. The van der Waals surface area contributed by atoms with Gasteiger partial charge < -0.3 is 39.4 Å². The molecule has 0 aromatic carbocycles. The summed E-state index contributed by atoms with van der Waals surface area (Å²) in [5.41, 5.74) is 0. The first-order chi connectivity index (χ1) is 25.8. The third-order valence-corrected chi connectivity index (χ3v) is 10.5. The first-order valence-corrected chi connectivity index (χ1v) is 22.1. The fourth-order valence-corrected chi connectivity index (χ4v) is 6.95. The molecule has 0 spiro atoms. The molecule has 314 valence electrons. The van der Waals surface area contributed by atoms with Crippen molar-refractivity contribution in [3.63, 3.8) is 0 Å². The molecule has 10 heteroatoms. The summed E-state index contributed by atoms with van der Waals surface area (Å²) in [5.74, 6) is -0.804. The van der Waals surface area contributed by atoms with Gasteiger partial charge in [-0.2, -0.15) is 0 Å². The SMILES string of the molecule is CCCCCCCCCCCCCCCCCCCCCCCCC(=O)OC(COC(=O)CCCCCCCC)COC1OC(CO)C(O)C(O)C1O. The van der Waals surface area contributed by atoms with Crippen LogP contribution in [-0.4, -0.2) is 89.0 Å². The molecule has 0 aromatic heterocycles. The minimum Gasteiger partial charge on any atom is -0.462 e. The van der Waals surface area contributed by atoms with Gasteiger partial charge in [-0.15, -0.1) is 0 Å². The molecule has 1 fully saturated rings. The number of ether oxygens (including phenoxy) is 4. The molecule has 0 aliphatic carbocycles. The summed E-state index contributed by atoms with van der Waals surface area (Å²) in [4.78, 5) is 25.1. The number of unbranched alkanes of at least 4 members (excludes halogenated alkanes) is 26. The van der Waals surface area contributed by atoms with Gasteiger partial charge in [0.05, 0.1) is 13.2 Å². The molecule has 0 aromatic rings. The third kappa shape index (κ3) is 27.0. The lowest BCUT2D eigenvalue weighted by molar-refractivity contribution is -0.305. The van der Waals surface area contributed by atoms with E-state index in [1.807, 2.05) is 0 Å². The molecule has 1 aliphatic rings. The standard InChI is InChI=1S/C43H82O10/c1-3-5-7-9-11-12-13-14-15-16-17-18-19-20-21-22-23-24-25-26-28-30-32-39(46)52-36(34-50-38(45)31-29-27-10-8-6-4-2)35-51-43-42(49)41(48)40(47)37(33-44)53-43/h36-37,40-44,47-49H,3-35H2,1-2H3. The molecule has 4 N–H and O–H groups in total. The molecule has 6 unspecified atom stereocenters. The molecule has 53 heavy (non-hydrogen) atoms. The molecule has 0 amide bonds. The molecule has 0 radical (unpaired) electrons. The lowest BCUT2D eigenvalue weighted by Crippen LogP contribution is -2.59. The Labute approximate surface area is 323 Å². The Morgan fingerprint density at radius 2 is 0.887 bits per heavy atom. The number of carbonyl (C=O) groups excluding carboxylic acids is 2. The average Bonchev–Trinajstić information content (AvgIpc) is 3.15. The number of rotatable bonds is 37. The lowest BCUT2D eigenvalue weighted by atomic mass is 9.99. The summed E-state index contributed by atoms with van der Waals surface area (Å²) < 4.78 is 22.0. The van der Waals surface area contributed by atoms with E-state index in [1.54, 1.807) is 0 Å². The molecule has 1 saturated heterocycles. The summed E-state index contributed by atoms with van der Waals surface area (Å²) in [6.45, 7) is 3.37. The Morgan fingerprint density at radius 3 is 1.28 bits per heavy atom. The molecular weight excluding hydrogens is 676 g/mol. The van der Waals surface area contributed by atoms with Crippen LogP contribution in [0.25, 0.3) is 0 Å². The fourth-order valence-electron chi connectivity index (χ4n) is 6.95. The molecule has 1 rings (SSSR count). The maximum atomic E-state index is 12.7. The van der Waals surface area contributed by atoms with E-state index in [2.05, 4.69) is 13.8 Å². The predicted molar refractivity (Wildman–Crippen MR) is 210 cm³/mol. The molecule has 0 saturated carbocycles. The van der Waals surface area contributed by atoms with Gasteiger partial charge in [0.2, 0.25) is 0 Å². The van der Waals surface area contributed by atoms with Gasteiger partial charge in [0, 0.05) is 12.8 Å². The van der Waals surface area contributed by atoms with E-state index < -0.39 is 49.4 Å². The first kappa shape index (κ1) is 49.7. The quantitative estimate of drug-likeness (QED) is 0.0357. The molecule has 10 nitrogen and oxygen atoms in total. The van der Waals surface area contributed by atoms with Crippen molar-refractivity contribution in [2.45, 2.75) is 243 Å². The van der Waals surface area contributed by atoms with Crippen LogP contribution in [0.1, 0.15) is 206 Å². The summed E-state index contributed by atoms with van der Waals surface area (Å²) in [6.07, 6.45) is 27.3. The third-order valence-electron chi connectivity index (χ3n) is 10.5. The zero-order valence-electron chi connectivity index (χ0n) is 34.0. The average molecular weight is 759 g/mol. The zero-order chi connectivity index (χ0) is 38.8. The van der Waals surface area contributed by atoms with Crippen molar-refractivity contribution in [1.29, 1.82) is 0 Å². The Hall–Kier alpha value is -1.30. The van der Waals surface area contributed by atoms with Gasteiger partial charge in [-0.1, -0.05) is 181 Å². The van der Waals surface area contributed by atoms with Crippen LogP contribution < -0.4 is 0 Å². The van der Waals surface area contributed by atoms with Crippen LogP contribution in [0, 0.1) is 0 Å². The smallest absolute Gasteiger partial charge is 0.306 e. The van der Waals surface area contributed by atoms with Crippen LogP contribution in [0.15, 0.2) is 0 Å². The van der Waals surface area contributed by atoms with Crippen LogP contribution in [0.2, 0.25) is 0 Å². The van der Waals surface area contributed by atoms with Crippen molar-refractivity contribution in [3.8, 4) is 0 Å². The van der Waals surface area contributed by atoms with Crippen LogP contribution in [-0.2, 0) is 28.5 Å². The second-order valence-electron chi connectivity index (χ2n) is 15.5. The number of hydrogen-bond donors (Lipinski definition) is 4. The highest BCUT2D eigenvalue weighted by Gasteiger charge is 2.44. The topological polar surface area (TPSA) is 152 Å². The van der Waals surface area contributed by atoms with E-state index in [0.29, 0.717) is 6.42 Å². The van der Waals surface area contributed by atoms with Crippen molar-refractivity contribution >= 4 is 11.9 Å². The maximum absolute atomic E-state index is 12.7. The van der Waals surface area contributed by atoms with Gasteiger partial charge in [-0.25, -0.2) is 0 Å². The second kappa shape index (κ2) is 35.1. The number of hydrogen-bond acceptors (Lipinski definition) is 10. The van der Waals surface area contributed by atoms with Crippen molar-refractivity contribution in [2.24, 2.45) is 0 Å². The number of esters is 2. The van der Waals surface area contributed by atoms with Gasteiger partial charge in [-0.05, 0) is 12.8 Å². The highest BCUT2D eigenvalue weighted by molar-refractivity contribution is 5.70. The van der Waals surface area contributed by atoms with Crippen LogP contribution in [0.5, 0.6) is 0 Å². The summed E-state index contributed by atoms with van der Waals surface area (Å²) in [5, 5.41) is 39.9. The number of aliphatic hydroxyl groups is 4. The number of aliphatic hydroxyl groups excluding tert-OH is 4. The number of carbonyl (C=O) groups is 2. The highest BCUT2D eigenvalue weighted by atomic mass is 16.7. The largest absolute Gasteiger partial charge is 0.462 e. The van der Waals surface area contributed by atoms with E-state index in [4.69, 9.17) is 18.9 Å². The minimum absolute atomic E-state index is 0.211. The van der Waals surface area contributed by atoms with Gasteiger partial charge in [0.1, 0.15) is 31.0 Å². The Bertz CT molecular complexity index is 840. The summed E-state index contributed by atoms with van der Waals surface area (Å²) >= 11 is 0. The molecule has 1 aliphatic heterocycles. The Morgan fingerprint density at radius 1 is 0.509 bits per heavy atom. The Kier molecular flexibility index (Phi) is 33.0. The fraction of sp³-hybridized carbons (Fsp3) is 0.953. The van der Waals surface area contributed by atoms with E-state index in [1.165, 1.54) is 122 Å². The molecule has 6 atom stereocenters. The molecule has 0 bridgehead atoms. The van der Waals surface area contributed by atoms with Gasteiger partial charge in [-0.3, -0.25) is 9.59 Å². The first-order valence-electron chi connectivity index (χ1n) is 22.1. The lowest BCUT2D eigenvalue weighted by Gasteiger charge is -2.39. The maximum Gasteiger partial charge on any atom is 0.306 e. The monoisotopic (exact) mass is 759 g/mol. The molecular formula is C43H82O10. The van der Waals surface area contributed by atoms with E-state index in [-0.39, 0.29) is 32.0 Å². The Balaban J connectivity index is 2.19. The summed E-state index contributed by atoms with van der Waals surface area (Å²) in [6, 6.07) is 0. The van der Waals surface area contributed by atoms with Crippen molar-refractivity contribution in [1.82, 2.24) is 0 Å². The zero-order valence-corrected chi connectivity index (χ0v) is 34.0. The van der Waals surface area contributed by atoms with Crippen LogP contribution in [0.4, 0.5) is 0 Å². The van der Waals surface area contributed by atoms with Crippen LogP contribution >= 0.6 is 0 Å². The van der Waals surface area contributed by atoms with E-state index >= 15 is 0 Å². The van der Waals surface area contributed by atoms with Crippen molar-refractivity contribution < 1.29 is 49.0 Å². The highest BCUT2D eigenvalue weighted by Crippen LogP contribution is 2.23. The predicted octanol–water partition coefficient (Wildman–Crippen LogP) is 9.00. The van der Waals surface area contributed by atoms with Gasteiger partial charge >= 0.3 is 11.9 Å². The minimum atomic E-state index is -1.59. The van der Waals surface area contributed by atoms with Crippen molar-refractivity contribution in [2.75, 3.05) is 19.8 Å². The van der Waals surface area contributed by atoms with Gasteiger partial charge in [0.25, 0.3) is 0 Å². The summed E-state index contributed by atoms with van der Waals surface area (Å²) in [7, 11) is 0.